The van der Waals surface area contributed by atoms with Gasteiger partial charge in [-0.1, -0.05) is 0 Å². The molecule has 1 amide bonds. The van der Waals surface area contributed by atoms with E-state index < -0.39 is 5.91 Å². The molecule has 0 heterocycles. The van der Waals surface area contributed by atoms with Crippen molar-refractivity contribution in [2.75, 3.05) is 7.05 Å². The van der Waals surface area contributed by atoms with Crippen LogP contribution in [0.2, 0.25) is 0 Å². The summed E-state index contributed by atoms with van der Waals surface area (Å²) >= 11 is 0. The van der Waals surface area contributed by atoms with Crippen LogP contribution in [-0.4, -0.2) is 13.0 Å². The Kier molecular flexibility index (Phi) is 2.76. The molecule has 0 aliphatic carbocycles. The largest absolute Gasteiger partial charge is 0.394 e. The molecule has 0 aliphatic heterocycles. The maximum absolute atomic E-state index is 9.85. The summed E-state index contributed by atoms with van der Waals surface area (Å²) in [6, 6.07) is 0. The van der Waals surface area contributed by atoms with Gasteiger partial charge in [0.1, 0.15) is 0 Å². The minimum atomic E-state index is -0.436. The molecule has 7 heavy (non-hydrogen) atoms. The second kappa shape index (κ2) is 3.21. The number of hydrogen-bond donors (Lipinski definition) is 2. The molecule has 0 aromatic carbocycles. The number of primary amides is 1. The molecular weight excluding hydrogens is 92.1 g/mol. The Hall–Kier alpha value is -0.990. The monoisotopic (exact) mass is 100 g/mol. The molecule has 0 saturated carbocycles. The van der Waals surface area contributed by atoms with E-state index in [4.69, 9.17) is 5.73 Å². The van der Waals surface area contributed by atoms with Crippen LogP contribution in [0.1, 0.15) is 0 Å². The Bertz CT molecular complexity index is 87.7. The molecule has 0 aromatic rings. The first-order chi connectivity index (χ1) is 3.27. The average Bonchev–Trinajstić information content (AvgIpc) is 1.61. The number of carbonyl (C=O) groups excluding carboxylic acids is 1. The van der Waals surface area contributed by atoms with Crippen LogP contribution in [0.25, 0.3) is 0 Å². The van der Waals surface area contributed by atoms with E-state index in [9.17, 15) is 4.79 Å². The van der Waals surface area contributed by atoms with Crippen molar-refractivity contribution in [3.63, 3.8) is 0 Å². The van der Waals surface area contributed by atoms with Crippen LogP contribution >= 0.6 is 0 Å². The standard InChI is InChI=1S/C4H8N2O/c1-6-3-2-4(5)7/h2-3,6H,1H3,(H2,5,7). The lowest BCUT2D eigenvalue weighted by Gasteiger charge is -1.79. The Morgan fingerprint density at radius 3 is 2.57 bits per heavy atom. The molecule has 40 valence electrons. The van der Waals surface area contributed by atoms with Gasteiger partial charge in [0, 0.05) is 19.3 Å². The number of nitrogens with two attached hydrogens (primary N) is 1. The molecule has 0 rings (SSSR count). The van der Waals surface area contributed by atoms with Crippen molar-refractivity contribution in [3.8, 4) is 0 Å². The predicted molar refractivity (Wildman–Crippen MR) is 27.4 cm³/mol. The number of rotatable bonds is 2. The summed E-state index contributed by atoms with van der Waals surface area (Å²) in [6.45, 7) is 0. The molecule has 0 unspecified atom stereocenters. The van der Waals surface area contributed by atoms with E-state index in [1.54, 1.807) is 7.05 Å². The van der Waals surface area contributed by atoms with E-state index >= 15 is 0 Å². The normalized spacial score (nSPS) is 9.29. The molecule has 0 aliphatic rings. The van der Waals surface area contributed by atoms with Crippen LogP contribution in [0.3, 0.4) is 0 Å². The maximum Gasteiger partial charge on any atom is 0.242 e. The minimum Gasteiger partial charge on any atom is -0.394 e. The molecule has 0 atom stereocenters. The molecule has 3 N–H and O–H groups in total. The summed E-state index contributed by atoms with van der Waals surface area (Å²) in [7, 11) is 1.69. The summed E-state index contributed by atoms with van der Waals surface area (Å²) in [4.78, 5) is 9.85. The summed E-state index contributed by atoms with van der Waals surface area (Å²) in [5.41, 5.74) is 4.71. The van der Waals surface area contributed by atoms with Gasteiger partial charge in [0.15, 0.2) is 0 Å². The third-order valence-electron chi connectivity index (χ3n) is 0.414. The topological polar surface area (TPSA) is 55.1 Å². The lowest BCUT2D eigenvalue weighted by molar-refractivity contribution is -0.113. The second-order valence-electron chi connectivity index (χ2n) is 1.02. The molecule has 0 fully saturated rings. The zero-order chi connectivity index (χ0) is 5.70. The molecule has 0 saturated heterocycles. The minimum absolute atomic E-state index is 0.436. The Morgan fingerprint density at radius 1 is 1.86 bits per heavy atom. The fourth-order valence-electron chi connectivity index (χ4n) is 0.165. The first kappa shape index (κ1) is 6.01. The lowest BCUT2D eigenvalue weighted by Crippen LogP contribution is -2.07. The van der Waals surface area contributed by atoms with Crippen molar-refractivity contribution in [2.24, 2.45) is 5.73 Å². The number of hydrogen-bond acceptors (Lipinski definition) is 2. The van der Waals surface area contributed by atoms with Crippen molar-refractivity contribution in [1.29, 1.82) is 0 Å². The second-order valence-corrected chi connectivity index (χ2v) is 1.02. The van der Waals surface area contributed by atoms with Crippen molar-refractivity contribution < 1.29 is 4.79 Å². The van der Waals surface area contributed by atoms with Gasteiger partial charge in [-0.2, -0.15) is 0 Å². The lowest BCUT2D eigenvalue weighted by atomic mass is 10.6. The summed E-state index contributed by atoms with van der Waals surface area (Å²) in [5, 5.41) is 2.62. The SMILES string of the molecule is CNC=CC(N)=O. The van der Waals surface area contributed by atoms with Gasteiger partial charge in [-0.05, 0) is 0 Å². The third-order valence-corrected chi connectivity index (χ3v) is 0.414. The van der Waals surface area contributed by atoms with Gasteiger partial charge in [0.05, 0.1) is 0 Å². The van der Waals surface area contributed by atoms with Gasteiger partial charge in [0.25, 0.3) is 0 Å². The quantitative estimate of drug-likeness (QED) is 0.446. The van der Waals surface area contributed by atoms with Crippen molar-refractivity contribution in [1.82, 2.24) is 5.32 Å². The summed E-state index contributed by atoms with van der Waals surface area (Å²) < 4.78 is 0. The van der Waals surface area contributed by atoms with Gasteiger partial charge in [-0.15, -0.1) is 0 Å². The fraction of sp³-hybridized carbons (Fsp3) is 0.250. The van der Waals surface area contributed by atoms with Crippen LogP contribution in [0, 0.1) is 0 Å². The van der Waals surface area contributed by atoms with Crippen LogP contribution in [0.15, 0.2) is 12.3 Å². The number of amides is 1. The highest BCUT2D eigenvalue weighted by atomic mass is 16.1. The number of nitrogens with one attached hydrogen (secondary N) is 1. The average molecular weight is 100 g/mol. The van der Waals surface area contributed by atoms with Gasteiger partial charge in [-0.25, -0.2) is 0 Å². The highest BCUT2D eigenvalue weighted by Gasteiger charge is 1.75. The predicted octanol–water partition coefficient (Wildman–Crippen LogP) is -0.795. The summed E-state index contributed by atoms with van der Waals surface area (Å²) in [6.07, 6.45) is 2.72. The van der Waals surface area contributed by atoms with Gasteiger partial charge in [0.2, 0.25) is 5.91 Å². The van der Waals surface area contributed by atoms with E-state index in [2.05, 4.69) is 5.32 Å². The fourth-order valence-corrected chi connectivity index (χ4v) is 0.165. The van der Waals surface area contributed by atoms with Crippen molar-refractivity contribution in [2.45, 2.75) is 0 Å². The van der Waals surface area contributed by atoms with Gasteiger partial charge in [-0.3, -0.25) is 4.79 Å². The highest BCUT2D eigenvalue weighted by Crippen LogP contribution is 1.59. The Labute approximate surface area is 42.2 Å². The molecule has 0 spiro atoms. The third kappa shape index (κ3) is 5.01. The molecular formula is C4H8N2O. The smallest absolute Gasteiger partial charge is 0.242 e. The van der Waals surface area contributed by atoms with Crippen molar-refractivity contribution >= 4 is 5.91 Å². The maximum atomic E-state index is 9.85. The van der Waals surface area contributed by atoms with Gasteiger partial charge >= 0.3 is 0 Å². The van der Waals surface area contributed by atoms with E-state index in [0.29, 0.717) is 0 Å². The molecule has 3 heteroatoms. The number of carbonyl (C=O) groups is 1. The van der Waals surface area contributed by atoms with E-state index in [1.165, 1.54) is 12.3 Å². The van der Waals surface area contributed by atoms with Crippen LogP contribution in [0.5, 0.6) is 0 Å². The molecule has 0 aromatic heterocycles. The first-order valence-corrected chi connectivity index (χ1v) is 1.90. The van der Waals surface area contributed by atoms with Crippen LogP contribution in [-0.2, 0) is 4.79 Å². The molecule has 3 nitrogen and oxygen atoms in total. The van der Waals surface area contributed by atoms with E-state index in [0.717, 1.165) is 0 Å². The van der Waals surface area contributed by atoms with Crippen LogP contribution < -0.4 is 11.1 Å². The Morgan fingerprint density at radius 2 is 2.43 bits per heavy atom. The van der Waals surface area contributed by atoms with E-state index in [1.807, 2.05) is 0 Å². The van der Waals surface area contributed by atoms with Crippen LogP contribution in [0.4, 0.5) is 0 Å². The Balaban J connectivity index is 3.26. The van der Waals surface area contributed by atoms with E-state index in [-0.39, 0.29) is 0 Å². The zero-order valence-electron chi connectivity index (χ0n) is 4.14. The zero-order valence-corrected chi connectivity index (χ0v) is 4.14. The first-order valence-electron chi connectivity index (χ1n) is 1.90. The molecule has 0 bridgehead atoms. The summed E-state index contributed by atoms with van der Waals surface area (Å²) in [5.74, 6) is -0.436. The van der Waals surface area contributed by atoms with Gasteiger partial charge < -0.3 is 11.1 Å². The van der Waals surface area contributed by atoms with Crippen molar-refractivity contribution in [3.05, 3.63) is 12.3 Å². The molecule has 0 radical (unpaired) electrons. The highest BCUT2D eigenvalue weighted by molar-refractivity contribution is 5.85.